The van der Waals surface area contributed by atoms with Gasteiger partial charge in [0, 0.05) is 24.1 Å². The van der Waals surface area contributed by atoms with E-state index in [1.165, 1.54) is 18.3 Å². The minimum absolute atomic E-state index is 0.0170. The summed E-state index contributed by atoms with van der Waals surface area (Å²) in [7, 11) is 0. The third-order valence-electron chi connectivity index (χ3n) is 4.70. The molecule has 34 heavy (non-hydrogen) atoms. The zero-order chi connectivity index (χ0) is 24.2. The highest BCUT2D eigenvalue weighted by atomic mass is 16.7. The van der Waals surface area contributed by atoms with Gasteiger partial charge in [-0.3, -0.25) is 24.2 Å². The fraction of sp³-hybridized carbons (Fsp3) is 0.200. The Morgan fingerprint density at radius 1 is 1.09 bits per heavy atom. The zero-order valence-corrected chi connectivity index (χ0v) is 17.5. The monoisotopic (exact) mass is 466 g/mol. The molecule has 0 radical (unpaired) electrons. The maximum atomic E-state index is 12.2. The van der Waals surface area contributed by atoms with E-state index in [-0.39, 0.29) is 42.1 Å². The van der Waals surface area contributed by atoms with E-state index in [0.717, 1.165) is 0 Å². The van der Waals surface area contributed by atoms with Crippen LogP contribution in [-0.4, -0.2) is 55.2 Å². The van der Waals surface area contributed by atoms with Gasteiger partial charge in [0.1, 0.15) is 6.54 Å². The highest BCUT2D eigenvalue weighted by Gasteiger charge is 2.32. The van der Waals surface area contributed by atoms with Gasteiger partial charge in [0.2, 0.25) is 5.95 Å². The Bertz CT molecular complexity index is 1340. The van der Waals surface area contributed by atoms with Gasteiger partial charge < -0.3 is 21.2 Å². The van der Waals surface area contributed by atoms with E-state index < -0.39 is 35.8 Å². The lowest BCUT2D eigenvalue weighted by Crippen LogP contribution is -2.37. The van der Waals surface area contributed by atoms with Crippen LogP contribution in [-0.2, 0) is 25.8 Å². The summed E-state index contributed by atoms with van der Waals surface area (Å²) >= 11 is 0. The van der Waals surface area contributed by atoms with Crippen molar-refractivity contribution in [2.24, 2.45) is 0 Å². The van der Waals surface area contributed by atoms with E-state index in [9.17, 15) is 24.0 Å². The molecule has 0 bridgehead atoms. The summed E-state index contributed by atoms with van der Waals surface area (Å²) < 4.78 is 0. The SMILES string of the molecule is Nc1nc2ncc(CNc3ccc(C(=O)NCC(=O)ON4C(=O)CCC4=O)cc3)nc2c(=O)[nH]1. The number of imide groups is 1. The maximum absolute atomic E-state index is 12.2. The van der Waals surface area contributed by atoms with Crippen molar-refractivity contribution in [2.45, 2.75) is 19.4 Å². The number of benzene rings is 1. The maximum Gasteiger partial charge on any atom is 0.352 e. The largest absolute Gasteiger partial charge is 0.379 e. The van der Waals surface area contributed by atoms with E-state index in [1.54, 1.807) is 12.1 Å². The summed E-state index contributed by atoms with van der Waals surface area (Å²) in [5.74, 6) is -2.74. The van der Waals surface area contributed by atoms with Crippen LogP contribution in [0.5, 0.6) is 0 Å². The molecule has 3 aromatic rings. The van der Waals surface area contributed by atoms with Gasteiger partial charge in [-0.05, 0) is 24.3 Å². The lowest BCUT2D eigenvalue weighted by molar-refractivity contribution is -0.196. The van der Waals surface area contributed by atoms with Gasteiger partial charge in [-0.1, -0.05) is 0 Å². The second-order valence-electron chi connectivity index (χ2n) is 7.14. The molecule has 0 saturated carbocycles. The number of nitrogens with two attached hydrogens (primary N) is 1. The number of nitrogen functional groups attached to an aromatic ring is 1. The van der Waals surface area contributed by atoms with Gasteiger partial charge in [-0.25, -0.2) is 14.8 Å². The average molecular weight is 466 g/mol. The van der Waals surface area contributed by atoms with Crippen LogP contribution in [0.1, 0.15) is 28.9 Å². The summed E-state index contributed by atoms with van der Waals surface area (Å²) in [5, 5.41) is 5.86. The van der Waals surface area contributed by atoms with E-state index in [0.29, 0.717) is 16.4 Å². The Labute approximate surface area is 190 Å². The lowest BCUT2D eigenvalue weighted by atomic mass is 10.2. The number of H-pyrrole nitrogens is 1. The summed E-state index contributed by atoms with van der Waals surface area (Å²) in [4.78, 5) is 78.1. The second kappa shape index (κ2) is 9.32. The molecule has 1 saturated heterocycles. The number of fused-ring (bicyclic) bond motifs is 1. The van der Waals surface area contributed by atoms with Gasteiger partial charge in [0.05, 0.1) is 18.4 Å². The number of nitrogens with zero attached hydrogens (tertiary/aromatic N) is 4. The molecular formula is C20H18N8O6. The number of hydrogen-bond donors (Lipinski definition) is 4. The highest BCUT2D eigenvalue weighted by molar-refractivity contribution is 6.02. The summed E-state index contributed by atoms with van der Waals surface area (Å²) in [6.07, 6.45) is 1.43. The normalized spacial score (nSPS) is 13.2. The molecule has 0 spiro atoms. The first kappa shape index (κ1) is 22.3. The van der Waals surface area contributed by atoms with Crippen molar-refractivity contribution in [1.82, 2.24) is 30.3 Å². The fourth-order valence-electron chi connectivity index (χ4n) is 3.03. The fourth-order valence-corrected chi connectivity index (χ4v) is 3.03. The predicted molar refractivity (Wildman–Crippen MR) is 116 cm³/mol. The number of rotatable bonds is 7. The highest BCUT2D eigenvalue weighted by Crippen LogP contribution is 2.13. The van der Waals surface area contributed by atoms with Crippen LogP contribution in [0.2, 0.25) is 0 Å². The van der Waals surface area contributed by atoms with Crippen LogP contribution in [0, 0.1) is 0 Å². The number of amides is 3. The summed E-state index contributed by atoms with van der Waals surface area (Å²) in [5.41, 5.74) is 6.62. The predicted octanol–water partition coefficient (Wildman–Crippen LogP) is -0.756. The van der Waals surface area contributed by atoms with E-state index in [1.807, 2.05) is 0 Å². The number of hydrogen-bond acceptors (Lipinski definition) is 11. The molecule has 4 rings (SSSR count). The van der Waals surface area contributed by atoms with Gasteiger partial charge >= 0.3 is 5.97 Å². The van der Waals surface area contributed by atoms with Gasteiger partial charge in [0.25, 0.3) is 23.3 Å². The van der Waals surface area contributed by atoms with Gasteiger partial charge in [-0.15, -0.1) is 5.06 Å². The van der Waals surface area contributed by atoms with Crippen LogP contribution in [0.4, 0.5) is 11.6 Å². The Hall–Kier alpha value is -4.88. The number of anilines is 2. The van der Waals surface area contributed by atoms with Crippen LogP contribution in [0.25, 0.3) is 11.2 Å². The molecule has 1 aromatic carbocycles. The minimum Gasteiger partial charge on any atom is -0.379 e. The molecule has 2 aromatic heterocycles. The molecule has 1 aliphatic heterocycles. The molecule has 0 atom stereocenters. The molecule has 14 heteroatoms. The first-order chi connectivity index (χ1) is 16.3. The van der Waals surface area contributed by atoms with Gasteiger partial charge in [-0.2, -0.15) is 4.98 Å². The molecule has 0 aliphatic carbocycles. The molecule has 174 valence electrons. The second-order valence-corrected chi connectivity index (χ2v) is 7.14. The molecular weight excluding hydrogens is 448 g/mol. The van der Waals surface area contributed by atoms with Crippen LogP contribution < -0.4 is 21.9 Å². The van der Waals surface area contributed by atoms with Crippen LogP contribution in [0.15, 0.2) is 35.3 Å². The summed E-state index contributed by atoms with van der Waals surface area (Å²) in [6, 6.07) is 6.33. The molecule has 14 nitrogen and oxygen atoms in total. The van der Waals surface area contributed by atoms with Crippen LogP contribution >= 0.6 is 0 Å². The van der Waals surface area contributed by atoms with Crippen molar-refractivity contribution in [3.63, 3.8) is 0 Å². The quantitative estimate of drug-likeness (QED) is 0.319. The number of carbonyl (C=O) groups is 4. The molecule has 1 aliphatic rings. The van der Waals surface area contributed by atoms with Crippen molar-refractivity contribution in [3.05, 3.63) is 52.1 Å². The molecule has 1 fully saturated rings. The molecule has 3 heterocycles. The molecule has 5 N–H and O–H groups in total. The zero-order valence-electron chi connectivity index (χ0n) is 17.5. The average Bonchev–Trinajstić information content (AvgIpc) is 3.13. The number of hydroxylamine groups is 2. The van der Waals surface area contributed by atoms with Crippen molar-refractivity contribution in [2.75, 3.05) is 17.6 Å². The number of aromatic amines is 1. The Kier molecular flexibility index (Phi) is 6.11. The van der Waals surface area contributed by atoms with Crippen molar-refractivity contribution >= 4 is 46.5 Å². The minimum atomic E-state index is -0.941. The van der Waals surface area contributed by atoms with E-state index in [4.69, 9.17) is 5.73 Å². The Morgan fingerprint density at radius 2 is 1.79 bits per heavy atom. The number of aromatic nitrogens is 4. The Balaban J connectivity index is 1.29. The number of nitrogens with one attached hydrogen (secondary N) is 3. The lowest BCUT2D eigenvalue weighted by Gasteiger charge is -2.13. The smallest absolute Gasteiger partial charge is 0.352 e. The summed E-state index contributed by atoms with van der Waals surface area (Å²) in [6.45, 7) is -0.270. The van der Waals surface area contributed by atoms with E-state index in [2.05, 4.69) is 35.4 Å². The standard InChI is InChI=1S/C20H18N8O6/c21-20-26-17-16(19(33)27-20)25-12(8-23-17)7-22-11-3-1-10(2-4-11)18(32)24-9-15(31)34-28-13(29)5-6-14(28)30/h1-4,8,22H,5-7,9H2,(H,24,32)(H3,21,23,26,27,33). The van der Waals surface area contributed by atoms with E-state index >= 15 is 0 Å². The molecule has 0 unspecified atom stereocenters. The first-order valence-electron chi connectivity index (χ1n) is 10.0. The topological polar surface area (TPSA) is 202 Å². The Morgan fingerprint density at radius 3 is 2.50 bits per heavy atom. The van der Waals surface area contributed by atoms with Gasteiger partial charge in [0.15, 0.2) is 11.2 Å². The molecule has 3 amide bonds. The van der Waals surface area contributed by atoms with Crippen molar-refractivity contribution in [1.29, 1.82) is 0 Å². The van der Waals surface area contributed by atoms with Crippen molar-refractivity contribution in [3.8, 4) is 0 Å². The third kappa shape index (κ3) is 4.95. The van der Waals surface area contributed by atoms with Crippen LogP contribution in [0.3, 0.4) is 0 Å². The van der Waals surface area contributed by atoms with Crippen molar-refractivity contribution < 1.29 is 24.0 Å². The first-order valence-corrected chi connectivity index (χ1v) is 10.0. The number of carbonyl (C=O) groups excluding carboxylic acids is 4. The third-order valence-corrected chi connectivity index (χ3v) is 4.70.